The van der Waals surface area contributed by atoms with E-state index in [1.165, 1.54) is 16.4 Å². The van der Waals surface area contributed by atoms with Crippen molar-refractivity contribution in [2.45, 2.75) is 13.0 Å². The molecular formula is C23H19N5OS2. The number of aromatic nitrogens is 4. The fourth-order valence-electron chi connectivity index (χ4n) is 3.60. The predicted molar refractivity (Wildman–Crippen MR) is 125 cm³/mol. The quantitative estimate of drug-likeness (QED) is 0.361. The minimum atomic E-state index is -0.0448. The first kappa shape index (κ1) is 19.6. The second-order valence-corrected chi connectivity index (χ2v) is 9.17. The molecule has 3 heterocycles. The van der Waals surface area contributed by atoms with Gasteiger partial charge in [-0.3, -0.25) is 4.79 Å². The van der Waals surface area contributed by atoms with E-state index < -0.39 is 0 Å². The number of thiophene rings is 2. The molecule has 0 spiro atoms. The molecule has 1 atom stereocenters. The Kier molecular flexibility index (Phi) is 5.09. The van der Waals surface area contributed by atoms with E-state index in [2.05, 4.69) is 39.1 Å². The Balaban J connectivity index is 1.61. The van der Waals surface area contributed by atoms with Gasteiger partial charge in [-0.2, -0.15) is 0 Å². The molecule has 0 saturated heterocycles. The minimum absolute atomic E-state index is 0.0189. The van der Waals surface area contributed by atoms with E-state index >= 15 is 0 Å². The number of fused-ring (bicyclic) bond motifs is 1. The summed E-state index contributed by atoms with van der Waals surface area (Å²) in [7, 11) is 1.84. The zero-order chi connectivity index (χ0) is 21.4. The monoisotopic (exact) mass is 445 g/mol. The molecule has 3 aromatic heterocycles. The van der Waals surface area contributed by atoms with Crippen LogP contribution in [0.4, 0.5) is 0 Å². The van der Waals surface area contributed by atoms with E-state index in [-0.39, 0.29) is 11.9 Å². The highest BCUT2D eigenvalue weighted by molar-refractivity contribution is 7.17. The summed E-state index contributed by atoms with van der Waals surface area (Å²) in [4.78, 5) is 16.4. The van der Waals surface area contributed by atoms with Crippen molar-refractivity contribution in [1.82, 2.24) is 25.1 Å². The first-order valence-electron chi connectivity index (χ1n) is 9.77. The smallest absolute Gasteiger partial charge is 0.254 e. The minimum Gasteiger partial charge on any atom is -0.334 e. The highest BCUT2D eigenvalue weighted by Gasteiger charge is 2.21. The molecule has 0 fully saturated rings. The maximum Gasteiger partial charge on any atom is 0.254 e. The van der Waals surface area contributed by atoms with E-state index in [1.807, 2.05) is 55.7 Å². The summed E-state index contributed by atoms with van der Waals surface area (Å²) >= 11 is 3.35. The van der Waals surface area contributed by atoms with Crippen molar-refractivity contribution in [1.29, 1.82) is 0 Å². The Hall–Kier alpha value is -3.36. The molecule has 1 unspecified atom stereocenters. The van der Waals surface area contributed by atoms with Crippen molar-refractivity contribution in [2.24, 2.45) is 0 Å². The average Bonchev–Trinajstić information content (AvgIpc) is 3.58. The maximum atomic E-state index is 13.5. The lowest BCUT2D eigenvalue weighted by atomic mass is 10.0. The van der Waals surface area contributed by atoms with E-state index in [9.17, 15) is 4.79 Å². The van der Waals surface area contributed by atoms with Crippen LogP contribution in [-0.4, -0.2) is 38.1 Å². The Labute approximate surface area is 187 Å². The van der Waals surface area contributed by atoms with Gasteiger partial charge in [0.15, 0.2) is 0 Å². The zero-order valence-electron chi connectivity index (χ0n) is 17.0. The van der Waals surface area contributed by atoms with Gasteiger partial charge in [0.05, 0.1) is 11.7 Å². The van der Waals surface area contributed by atoms with Gasteiger partial charge in [0.1, 0.15) is 6.33 Å². The van der Waals surface area contributed by atoms with Crippen molar-refractivity contribution in [3.05, 3.63) is 82.1 Å². The molecule has 31 heavy (non-hydrogen) atoms. The summed E-state index contributed by atoms with van der Waals surface area (Å²) < 4.78 is 2.79. The summed E-state index contributed by atoms with van der Waals surface area (Å²) in [6, 6.07) is 18.2. The fourth-order valence-corrected chi connectivity index (χ4v) is 5.40. The molecule has 6 nitrogen and oxygen atoms in total. The van der Waals surface area contributed by atoms with Crippen molar-refractivity contribution < 1.29 is 4.79 Å². The fraction of sp³-hybridized carbons (Fsp3) is 0.130. The average molecular weight is 446 g/mol. The second-order valence-electron chi connectivity index (χ2n) is 7.28. The van der Waals surface area contributed by atoms with Gasteiger partial charge in [-0.05, 0) is 64.0 Å². The highest BCUT2D eigenvalue weighted by Crippen LogP contribution is 2.35. The summed E-state index contributed by atoms with van der Waals surface area (Å²) in [5.41, 5.74) is 3.41. The topological polar surface area (TPSA) is 63.9 Å². The Morgan fingerprint density at radius 1 is 1.10 bits per heavy atom. The molecule has 0 aliphatic heterocycles. The number of amides is 1. The van der Waals surface area contributed by atoms with Gasteiger partial charge in [-0.1, -0.05) is 24.3 Å². The van der Waals surface area contributed by atoms with Gasteiger partial charge < -0.3 is 4.90 Å². The molecule has 0 aliphatic rings. The number of carbonyl (C=O) groups excluding carboxylic acids is 1. The third kappa shape index (κ3) is 3.64. The Morgan fingerprint density at radius 2 is 1.97 bits per heavy atom. The van der Waals surface area contributed by atoms with Crippen molar-refractivity contribution in [3.63, 3.8) is 0 Å². The molecule has 8 heteroatoms. The van der Waals surface area contributed by atoms with Crippen molar-refractivity contribution in [2.75, 3.05) is 7.05 Å². The number of rotatable bonds is 5. The van der Waals surface area contributed by atoms with E-state index in [0.29, 0.717) is 5.56 Å². The van der Waals surface area contributed by atoms with Crippen molar-refractivity contribution in [3.8, 4) is 16.8 Å². The predicted octanol–water partition coefficient (Wildman–Crippen LogP) is 5.44. The summed E-state index contributed by atoms with van der Waals surface area (Å²) in [5.74, 6) is -0.0448. The van der Waals surface area contributed by atoms with Gasteiger partial charge >= 0.3 is 0 Å². The third-order valence-electron chi connectivity index (χ3n) is 5.43. The van der Waals surface area contributed by atoms with Crippen LogP contribution in [0.2, 0.25) is 0 Å². The maximum absolute atomic E-state index is 13.5. The standard InChI is InChI=1S/C23H19N5OS2/c1-15(21-8-5-9-30-21)27(2)23(29)17-10-16(11-18(12-17)28-14-24-25-26-28)20-13-31-22-7-4-3-6-19(20)22/h3-15H,1-2H3. The molecule has 5 rings (SSSR count). The van der Waals surface area contributed by atoms with Crippen LogP contribution < -0.4 is 0 Å². The van der Waals surface area contributed by atoms with Crippen LogP contribution in [0.25, 0.3) is 26.9 Å². The van der Waals surface area contributed by atoms with Crippen LogP contribution in [0.5, 0.6) is 0 Å². The Morgan fingerprint density at radius 3 is 2.74 bits per heavy atom. The normalized spacial score (nSPS) is 12.2. The lowest BCUT2D eigenvalue weighted by Gasteiger charge is -2.24. The van der Waals surface area contributed by atoms with E-state index in [4.69, 9.17) is 0 Å². The molecule has 0 bridgehead atoms. The van der Waals surface area contributed by atoms with Crippen LogP contribution in [0.15, 0.2) is 71.7 Å². The number of benzene rings is 2. The SMILES string of the molecule is CC(c1cccs1)N(C)C(=O)c1cc(-c2csc3ccccc23)cc(-n2cnnn2)c1. The van der Waals surface area contributed by atoms with Gasteiger partial charge in [0, 0.05) is 33.1 Å². The summed E-state index contributed by atoms with van der Waals surface area (Å²) in [6.45, 7) is 2.04. The first-order valence-corrected chi connectivity index (χ1v) is 11.5. The van der Waals surface area contributed by atoms with E-state index in [1.54, 1.807) is 32.3 Å². The third-order valence-corrected chi connectivity index (χ3v) is 7.43. The van der Waals surface area contributed by atoms with Gasteiger partial charge in [0.2, 0.25) is 0 Å². The van der Waals surface area contributed by atoms with Gasteiger partial charge in [-0.15, -0.1) is 27.8 Å². The van der Waals surface area contributed by atoms with Crippen LogP contribution in [0, 0.1) is 0 Å². The van der Waals surface area contributed by atoms with Crippen molar-refractivity contribution >= 4 is 38.7 Å². The van der Waals surface area contributed by atoms with Gasteiger partial charge in [0.25, 0.3) is 5.91 Å². The molecule has 2 aromatic carbocycles. The number of hydrogen-bond acceptors (Lipinski definition) is 6. The highest BCUT2D eigenvalue weighted by atomic mass is 32.1. The number of hydrogen-bond donors (Lipinski definition) is 0. The first-order chi connectivity index (χ1) is 15.1. The number of nitrogens with zero attached hydrogens (tertiary/aromatic N) is 5. The molecule has 1 amide bonds. The molecule has 0 radical (unpaired) electrons. The number of tetrazole rings is 1. The molecular weight excluding hydrogens is 426 g/mol. The molecule has 0 saturated carbocycles. The lowest BCUT2D eigenvalue weighted by molar-refractivity contribution is 0.0745. The molecule has 154 valence electrons. The summed E-state index contributed by atoms with van der Waals surface area (Å²) in [6.07, 6.45) is 1.54. The van der Waals surface area contributed by atoms with Crippen LogP contribution >= 0.6 is 22.7 Å². The molecule has 0 N–H and O–H groups in total. The summed E-state index contributed by atoms with van der Waals surface area (Å²) in [5, 5.41) is 16.9. The van der Waals surface area contributed by atoms with Crippen LogP contribution in [-0.2, 0) is 0 Å². The molecule has 0 aliphatic carbocycles. The largest absolute Gasteiger partial charge is 0.334 e. The van der Waals surface area contributed by atoms with Crippen LogP contribution in [0.3, 0.4) is 0 Å². The Bertz CT molecular complexity index is 1340. The van der Waals surface area contributed by atoms with Gasteiger partial charge in [-0.25, -0.2) is 4.68 Å². The molecule has 5 aromatic rings. The van der Waals surface area contributed by atoms with E-state index in [0.717, 1.165) is 21.7 Å². The van der Waals surface area contributed by atoms with Crippen LogP contribution in [0.1, 0.15) is 28.2 Å². The lowest BCUT2D eigenvalue weighted by Crippen LogP contribution is -2.29. The second kappa shape index (κ2) is 8.05. The zero-order valence-corrected chi connectivity index (χ0v) is 18.6. The number of carbonyl (C=O) groups is 1.